The van der Waals surface area contributed by atoms with Crippen LogP contribution in [-0.4, -0.2) is 36.0 Å². The van der Waals surface area contributed by atoms with Crippen LogP contribution in [0.5, 0.6) is 0 Å². The van der Waals surface area contributed by atoms with Crippen LogP contribution in [0.25, 0.3) is 0 Å². The van der Waals surface area contributed by atoms with Crippen LogP contribution >= 0.6 is 0 Å². The molecule has 1 aliphatic heterocycles. The van der Waals surface area contributed by atoms with Crippen molar-refractivity contribution in [1.29, 1.82) is 0 Å². The molecule has 28 heavy (non-hydrogen) atoms. The lowest BCUT2D eigenvalue weighted by Gasteiger charge is -2.24. The fraction of sp³-hybridized carbons (Fsp3) is 0.667. The molecule has 1 saturated carbocycles. The van der Waals surface area contributed by atoms with E-state index in [2.05, 4.69) is 10.2 Å². The molecule has 1 amide bonds. The van der Waals surface area contributed by atoms with Crippen LogP contribution in [0.15, 0.2) is 24.3 Å². The topological polar surface area (TPSA) is 58.4 Å². The molecule has 3 N–H and O–H groups in total. The zero-order chi connectivity index (χ0) is 20.5. The first-order chi connectivity index (χ1) is 13.1. The summed E-state index contributed by atoms with van der Waals surface area (Å²) in [5.74, 6) is 1.11. The van der Waals surface area contributed by atoms with Crippen LogP contribution in [0.4, 0.5) is 13.2 Å². The molecule has 1 aliphatic carbocycles. The molecule has 0 spiro atoms. The Balaban J connectivity index is 1.57. The first-order valence-corrected chi connectivity index (χ1v) is 10.1. The second kappa shape index (κ2) is 8.41. The summed E-state index contributed by atoms with van der Waals surface area (Å²) >= 11 is 0. The average Bonchev–Trinajstić information content (AvgIpc) is 3.15. The van der Waals surface area contributed by atoms with E-state index in [4.69, 9.17) is 5.73 Å². The smallest absolute Gasteiger partial charge is 0.352 e. The van der Waals surface area contributed by atoms with Gasteiger partial charge in [-0.15, -0.1) is 0 Å². The number of alkyl halides is 3. The maximum absolute atomic E-state index is 12.9. The van der Waals surface area contributed by atoms with E-state index in [1.54, 1.807) is 6.07 Å². The zero-order valence-corrected chi connectivity index (χ0v) is 16.5. The number of rotatable bonds is 6. The van der Waals surface area contributed by atoms with E-state index < -0.39 is 17.8 Å². The largest absolute Gasteiger partial charge is 0.416 e. The van der Waals surface area contributed by atoms with Crippen LogP contribution < -0.4 is 11.1 Å². The maximum Gasteiger partial charge on any atom is 0.416 e. The van der Waals surface area contributed by atoms with E-state index in [1.165, 1.54) is 12.1 Å². The Labute approximate surface area is 164 Å². The fourth-order valence-corrected chi connectivity index (χ4v) is 4.67. The summed E-state index contributed by atoms with van der Waals surface area (Å²) in [5, 5.41) is 3.13. The van der Waals surface area contributed by atoms with E-state index in [0.29, 0.717) is 36.3 Å². The van der Waals surface area contributed by atoms with Crippen LogP contribution in [-0.2, 0) is 17.5 Å². The van der Waals surface area contributed by atoms with Crippen molar-refractivity contribution in [3.8, 4) is 0 Å². The molecule has 4 atom stereocenters. The number of hydrogen-bond donors (Lipinski definition) is 2. The fourth-order valence-electron chi connectivity index (χ4n) is 4.67. The highest BCUT2D eigenvalue weighted by atomic mass is 19.4. The predicted molar refractivity (Wildman–Crippen MR) is 102 cm³/mol. The molecule has 1 heterocycles. The molecule has 3 rings (SSSR count). The zero-order valence-electron chi connectivity index (χ0n) is 16.5. The number of hydrogen-bond acceptors (Lipinski definition) is 3. The molecule has 0 bridgehead atoms. The molecule has 0 radical (unpaired) electrons. The Morgan fingerprint density at radius 3 is 2.71 bits per heavy atom. The monoisotopic (exact) mass is 397 g/mol. The van der Waals surface area contributed by atoms with Crippen molar-refractivity contribution in [1.82, 2.24) is 10.2 Å². The van der Waals surface area contributed by atoms with Gasteiger partial charge in [-0.25, -0.2) is 0 Å². The van der Waals surface area contributed by atoms with Crippen molar-refractivity contribution in [2.45, 2.75) is 57.9 Å². The Hall–Kier alpha value is -1.60. The lowest BCUT2D eigenvalue weighted by molar-refractivity contribution is -0.137. The van der Waals surface area contributed by atoms with E-state index in [1.807, 2.05) is 13.8 Å². The molecular formula is C21H30F3N3O. The van der Waals surface area contributed by atoms with Crippen molar-refractivity contribution in [3.63, 3.8) is 0 Å². The standard InChI is InChI=1S/C21H30F3N3O/c1-13(2)8-18(25)20(28)26-19-7-6-15-11-27(12-17(15)19)10-14-4-3-5-16(9-14)21(22,23)24/h3-5,9,13,15,17-19H,6-8,10-12,25H2,1-2H3,(H,26,28)/t15-,17-,18+,19-/m1/s1. The summed E-state index contributed by atoms with van der Waals surface area (Å²) in [6.45, 7) is 6.25. The van der Waals surface area contributed by atoms with Crippen molar-refractivity contribution in [3.05, 3.63) is 35.4 Å². The van der Waals surface area contributed by atoms with Gasteiger partial charge in [-0.05, 0) is 48.6 Å². The number of benzene rings is 1. The number of amides is 1. The summed E-state index contributed by atoms with van der Waals surface area (Å²) in [6, 6.07) is 5.18. The third-order valence-corrected chi connectivity index (χ3v) is 5.98. The van der Waals surface area contributed by atoms with Gasteiger partial charge in [-0.2, -0.15) is 13.2 Å². The minimum absolute atomic E-state index is 0.0873. The Morgan fingerprint density at radius 2 is 2.04 bits per heavy atom. The highest BCUT2D eigenvalue weighted by molar-refractivity contribution is 5.81. The third-order valence-electron chi connectivity index (χ3n) is 5.98. The minimum Gasteiger partial charge on any atom is -0.352 e. The number of carbonyl (C=O) groups excluding carboxylic acids is 1. The van der Waals surface area contributed by atoms with Crippen molar-refractivity contribution in [2.24, 2.45) is 23.5 Å². The number of halogens is 3. The summed E-state index contributed by atoms with van der Waals surface area (Å²) < 4.78 is 38.8. The number of nitrogens with zero attached hydrogens (tertiary/aromatic N) is 1. The van der Waals surface area contributed by atoms with Crippen molar-refractivity contribution >= 4 is 5.91 Å². The third kappa shape index (κ3) is 5.06. The first kappa shape index (κ1) is 21.1. The lowest BCUT2D eigenvalue weighted by Crippen LogP contribution is -2.48. The molecule has 156 valence electrons. The van der Waals surface area contributed by atoms with Crippen LogP contribution in [0.2, 0.25) is 0 Å². The van der Waals surface area contributed by atoms with E-state index >= 15 is 0 Å². The SMILES string of the molecule is CC(C)C[C@H](N)C(=O)N[C@@H]1CC[C@@H]2CN(Cc3cccc(C(F)(F)F)c3)C[C@H]21. The van der Waals surface area contributed by atoms with E-state index in [9.17, 15) is 18.0 Å². The van der Waals surface area contributed by atoms with Crippen molar-refractivity contribution in [2.75, 3.05) is 13.1 Å². The van der Waals surface area contributed by atoms with Gasteiger partial charge in [-0.1, -0.05) is 32.0 Å². The van der Waals surface area contributed by atoms with Gasteiger partial charge < -0.3 is 11.1 Å². The number of nitrogens with one attached hydrogen (secondary N) is 1. The molecule has 0 unspecified atom stereocenters. The van der Waals surface area contributed by atoms with Crippen LogP contribution in [0.1, 0.15) is 44.2 Å². The molecule has 1 aromatic carbocycles. The highest BCUT2D eigenvalue weighted by Crippen LogP contribution is 2.39. The highest BCUT2D eigenvalue weighted by Gasteiger charge is 2.43. The molecular weight excluding hydrogens is 367 g/mol. The summed E-state index contributed by atoms with van der Waals surface area (Å²) in [7, 11) is 0. The Morgan fingerprint density at radius 1 is 1.29 bits per heavy atom. The molecule has 1 saturated heterocycles. The molecule has 1 aromatic rings. The van der Waals surface area contributed by atoms with Gasteiger partial charge in [0.15, 0.2) is 0 Å². The van der Waals surface area contributed by atoms with Crippen LogP contribution in [0.3, 0.4) is 0 Å². The Kier molecular flexibility index (Phi) is 6.34. The number of carbonyl (C=O) groups is 1. The van der Waals surface area contributed by atoms with Crippen molar-refractivity contribution < 1.29 is 18.0 Å². The van der Waals surface area contributed by atoms with Gasteiger partial charge >= 0.3 is 6.18 Å². The normalized spacial score (nSPS) is 26.5. The van der Waals surface area contributed by atoms with Gasteiger partial charge in [0.05, 0.1) is 11.6 Å². The van der Waals surface area contributed by atoms with Gasteiger partial charge in [0.25, 0.3) is 0 Å². The van der Waals surface area contributed by atoms with E-state index in [0.717, 1.165) is 32.0 Å². The molecule has 4 nitrogen and oxygen atoms in total. The first-order valence-electron chi connectivity index (χ1n) is 10.1. The average molecular weight is 397 g/mol. The predicted octanol–water partition coefficient (Wildman–Crippen LogP) is 3.41. The lowest BCUT2D eigenvalue weighted by atomic mass is 9.97. The Bertz CT molecular complexity index is 692. The number of likely N-dealkylation sites (tertiary alicyclic amines) is 1. The minimum atomic E-state index is -4.32. The number of fused-ring (bicyclic) bond motifs is 1. The summed E-state index contributed by atoms with van der Waals surface area (Å²) in [6.07, 6.45) is -1.67. The molecule has 2 fully saturated rings. The second-order valence-electron chi connectivity index (χ2n) is 8.74. The number of nitrogens with two attached hydrogens (primary N) is 1. The maximum atomic E-state index is 12.9. The second-order valence-corrected chi connectivity index (χ2v) is 8.74. The van der Waals surface area contributed by atoms with Gasteiger partial charge in [0.1, 0.15) is 0 Å². The quantitative estimate of drug-likeness (QED) is 0.774. The summed E-state index contributed by atoms with van der Waals surface area (Å²) in [4.78, 5) is 14.6. The van der Waals surface area contributed by atoms with Crippen LogP contribution in [0, 0.1) is 17.8 Å². The molecule has 2 aliphatic rings. The van der Waals surface area contributed by atoms with Gasteiger partial charge in [0.2, 0.25) is 5.91 Å². The molecule has 0 aromatic heterocycles. The molecule has 7 heteroatoms. The van der Waals surface area contributed by atoms with Gasteiger partial charge in [-0.3, -0.25) is 9.69 Å². The van der Waals surface area contributed by atoms with Gasteiger partial charge in [0, 0.05) is 25.7 Å². The van der Waals surface area contributed by atoms with E-state index in [-0.39, 0.29) is 11.9 Å². The summed E-state index contributed by atoms with van der Waals surface area (Å²) in [5.41, 5.74) is 6.07.